The van der Waals surface area contributed by atoms with Crippen molar-refractivity contribution in [1.29, 1.82) is 0 Å². The van der Waals surface area contributed by atoms with Crippen LogP contribution in [0.1, 0.15) is 5.56 Å². The first-order valence-electron chi connectivity index (χ1n) is 5.87. The van der Waals surface area contributed by atoms with Gasteiger partial charge in [-0.05, 0) is 29.1 Å². The Morgan fingerprint density at radius 2 is 2.00 bits per heavy atom. The highest BCUT2D eigenvalue weighted by molar-refractivity contribution is 7.13. The quantitative estimate of drug-likeness (QED) is 0.752. The molecule has 0 radical (unpaired) electrons. The number of hydrogen-bond donors (Lipinski definition) is 1. The van der Waals surface area contributed by atoms with Crippen molar-refractivity contribution in [2.45, 2.75) is 6.54 Å². The zero-order valence-electron chi connectivity index (χ0n) is 10.6. The molecule has 0 aromatic carbocycles. The van der Waals surface area contributed by atoms with Crippen molar-refractivity contribution >= 4 is 17.8 Å². The zero-order valence-corrected chi connectivity index (χ0v) is 11.4. The standard InChI is InChI=1S/C13H11N3S.CH2O2/c1-2-12(17-9-1)13-15-7-8-16(13)10-11-3-5-14-6-4-11;2-1-3/h1-9H,10H2;1H,(H,2,3). The molecule has 0 unspecified atom stereocenters. The third-order valence-electron chi connectivity index (χ3n) is 2.56. The third kappa shape index (κ3) is 3.52. The van der Waals surface area contributed by atoms with Gasteiger partial charge in [0.2, 0.25) is 0 Å². The van der Waals surface area contributed by atoms with E-state index in [0.29, 0.717) is 0 Å². The first-order valence-corrected chi connectivity index (χ1v) is 6.75. The highest BCUT2D eigenvalue weighted by Crippen LogP contribution is 2.23. The Labute approximate surface area is 120 Å². The topological polar surface area (TPSA) is 68.0 Å². The fourth-order valence-electron chi connectivity index (χ4n) is 1.75. The molecule has 3 heterocycles. The van der Waals surface area contributed by atoms with Crippen molar-refractivity contribution in [3.63, 3.8) is 0 Å². The summed E-state index contributed by atoms with van der Waals surface area (Å²) in [6.07, 6.45) is 7.49. The Morgan fingerprint density at radius 3 is 2.65 bits per heavy atom. The van der Waals surface area contributed by atoms with E-state index < -0.39 is 0 Å². The lowest BCUT2D eigenvalue weighted by Gasteiger charge is -2.06. The first-order chi connectivity index (χ1) is 9.85. The molecule has 3 aromatic heterocycles. The van der Waals surface area contributed by atoms with Gasteiger partial charge in [0.25, 0.3) is 6.47 Å². The van der Waals surface area contributed by atoms with Crippen molar-refractivity contribution < 1.29 is 9.90 Å². The summed E-state index contributed by atoms with van der Waals surface area (Å²) in [6, 6.07) is 8.19. The molecule has 0 amide bonds. The minimum absolute atomic E-state index is 0.250. The molecular formula is C14H13N3O2S. The molecule has 0 aliphatic carbocycles. The van der Waals surface area contributed by atoms with E-state index in [-0.39, 0.29) is 6.47 Å². The average molecular weight is 287 g/mol. The molecule has 1 N–H and O–H groups in total. The van der Waals surface area contributed by atoms with Crippen molar-refractivity contribution in [2.24, 2.45) is 0 Å². The van der Waals surface area contributed by atoms with Crippen LogP contribution >= 0.6 is 11.3 Å². The van der Waals surface area contributed by atoms with E-state index in [4.69, 9.17) is 9.90 Å². The summed E-state index contributed by atoms with van der Waals surface area (Å²) in [4.78, 5) is 18.0. The van der Waals surface area contributed by atoms with Crippen LogP contribution in [0.15, 0.2) is 54.4 Å². The predicted octanol–water partition coefficient (Wildman–Crippen LogP) is 2.76. The largest absolute Gasteiger partial charge is 0.483 e. The minimum Gasteiger partial charge on any atom is -0.483 e. The van der Waals surface area contributed by atoms with Gasteiger partial charge in [0.1, 0.15) is 5.82 Å². The van der Waals surface area contributed by atoms with E-state index in [0.717, 1.165) is 12.4 Å². The van der Waals surface area contributed by atoms with Crippen LogP contribution in [0.2, 0.25) is 0 Å². The fraction of sp³-hybridized carbons (Fsp3) is 0.0714. The number of aromatic nitrogens is 3. The van der Waals surface area contributed by atoms with Gasteiger partial charge in [0, 0.05) is 31.3 Å². The molecule has 3 rings (SSSR count). The molecule has 102 valence electrons. The van der Waals surface area contributed by atoms with Gasteiger partial charge in [0.15, 0.2) is 0 Å². The van der Waals surface area contributed by atoms with Gasteiger partial charge in [-0.2, -0.15) is 0 Å². The molecular weight excluding hydrogens is 274 g/mol. The number of carbonyl (C=O) groups is 1. The average Bonchev–Trinajstić information content (AvgIpc) is 3.11. The maximum Gasteiger partial charge on any atom is 0.290 e. The van der Waals surface area contributed by atoms with E-state index >= 15 is 0 Å². The van der Waals surface area contributed by atoms with E-state index in [1.54, 1.807) is 11.3 Å². The molecule has 0 atom stereocenters. The van der Waals surface area contributed by atoms with Gasteiger partial charge in [-0.25, -0.2) is 4.98 Å². The molecule has 6 heteroatoms. The van der Waals surface area contributed by atoms with Gasteiger partial charge < -0.3 is 9.67 Å². The van der Waals surface area contributed by atoms with Crippen LogP contribution in [-0.4, -0.2) is 26.1 Å². The Morgan fingerprint density at radius 1 is 1.25 bits per heavy atom. The lowest BCUT2D eigenvalue weighted by atomic mass is 10.2. The number of hydrogen-bond acceptors (Lipinski definition) is 4. The van der Waals surface area contributed by atoms with Gasteiger partial charge in [-0.3, -0.25) is 9.78 Å². The zero-order chi connectivity index (χ0) is 14.2. The van der Waals surface area contributed by atoms with E-state index in [1.807, 2.05) is 43.0 Å². The number of carboxylic acid groups (broad SMARTS) is 1. The summed E-state index contributed by atoms with van der Waals surface area (Å²) >= 11 is 1.71. The van der Waals surface area contributed by atoms with E-state index in [1.165, 1.54) is 10.4 Å². The van der Waals surface area contributed by atoms with E-state index in [2.05, 4.69) is 26.0 Å². The normalized spacial score (nSPS) is 9.60. The van der Waals surface area contributed by atoms with Crippen LogP contribution in [0.3, 0.4) is 0 Å². The summed E-state index contributed by atoms with van der Waals surface area (Å²) in [5.41, 5.74) is 1.23. The smallest absolute Gasteiger partial charge is 0.290 e. The molecule has 0 aliphatic rings. The summed E-state index contributed by atoms with van der Waals surface area (Å²) < 4.78 is 2.15. The molecule has 3 aromatic rings. The molecule has 0 spiro atoms. The number of nitrogens with zero attached hydrogens (tertiary/aromatic N) is 3. The van der Waals surface area contributed by atoms with Gasteiger partial charge >= 0.3 is 0 Å². The van der Waals surface area contributed by atoms with Crippen LogP contribution in [0.4, 0.5) is 0 Å². The number of imidazole rings is 1. The Hall–Kier alpha value is -2.47. The highest BCUT2D eigenvalue weighted by Gasteiger charge is 2.06. The summed E-state index contributed by atoms with van der Waals surface area (Å²) in [5, 5.41) is 8.96. The molecule has 0 bridgehead atoms. The van der Waals surface area contributed by atoms with Crippen molar-refractivity contribution in [2.75, 3.05) is 0 Å². The number of thiophene rings is 1. The van der Waals surface area contributed by atoms with Crippen LogP contribution < -0.4 is 0 Å². The number of pyridine rings is 1. The highest BCUT2D eigenvalue weighted by atomic mass is 32.1. The van der Waals surface area contributed by atoms with Gasteiger partial charge in [-0.1, -0.05) is 6.07 Å². The van der Waals surface area contributed by atoms with Gasteiger partial charge in [-0.15, -0.1) is 11.3 Å². The van der Waals surface area contributed by atoms with Crippen molar-refractivity contribution in [3.05, 3.63) is 60.0 Å². The van der Waals surface area contributed by atoms with Crippen LogP contribution in [0, 0.1) is 0 Å². The Kier molecular flexibility index (Phi) is 5.02. The van der Waals surface area contributed by atoms with Crippen molar-refractivity contribution in [1.82, 2.24) is 14.5 Å². The summed E-state index contributed by atoms with van der Waals surface area (Å²) in [7, 11) is 0. The molecule has 5 nitrogen and oxygen atoms in total. The molecule has 0 saturated carbocycles. The predicted molar refractivity (Wildman–Crippen MR) is 77.6 cm³/mol. The Balaban J connectivity index is 0.000000452. The summed E-state index contributed by atoms with van der Waals surface area (Å²) in [6.45, 7) is 0.579. The number of rotatable bonds is 3. The fourth-order valence-corrected chi connectivity index (χ4v) is 2.49. The Bertz CT molecular complexity index is 636. The maximum absolute atomic E-state index is 8.36. The van der Waals surface area contributed by atoms with Crippen molar-refractivity contribution in [3.8, 4) is 10.7 Å². The second-order valence-electron chi connectivity index (χ2n) is 3.82. The molecule has 0 fully saturated rings. The summed E-state index contributed by atoms with van der Waals surface area (Å²) in [5.74, 6) is 1.02. The second-order valence-corrected chi connectivity index (χ2v) is 4.76. The lowest BCUT2D eigenvalue weighted by Crippen LogP contribution is -2.00. The molecule has 20 heavy (non-hydrogen) atoms. The third-order valence-corrected chi connectivity index (χ3v) is 3.43. The van der Waals surface area contributed by atoms with Crippen LogP contribution in [0.25, 0.3) is 10.7 Å². The second kappa shape index (κ2) is 7.20. The lowest BCUT2D eigenvalue weighted by molar-refractivity contribution is -0.122. The van der Waals surface area contributed by atoms with Crippen LogP contribution in [0.5, 0.6) is 0 Å². The maximum atomic E-state index is 8.36. The van der Waals surface area contributed by atoms with E-state index in [9.17, 15) is 0 Å². The molecule has 0 saturated heterocycles. The van der Waals surface area contributed by atoms with Crippen LogP contribution in [-0.2, 0) is 11.3 Å². The first kappa shape index (κ1) is 14.0. The SMILES string of the molecule is O=CO.c1csc(-c2nccn2Cc2ccncc2)c1. The van der Waals surface area contributed by atoms with Gasteiger partial charge in [0.05, 0.1) is 4.88 Å². The minimum atomic E-state index is -0.250. The molecule has 0 aliphatic heterocycles. The monoisotopic (exact) mass is 287 g/mol.